The van der Waals surface area contributed by atoms with Crippen molar-refractivity contribution in [2.45, 2.75) is 369 Å². The Bertz CT molecular complexity index is 4530. The second-order valence-corrected chi connectivity index (χ2v) is 49.5. The molecule has 12 rings (SSSR count). The molecular weight excluding hydrogens is 1780 g/mol. The molecule has 3 unspecified atom stereocenters. The lowest BCUT2D eigenvalue weighted by atomic mass is 9.79. The zero-order valence-electron chi connectivity index (χ0n) is 83.2. The average Bonchev–Trinajstić information content (AvgIpc) is 1.53. The van der Waals surface area contributed by atoms with Gasteiger partial charge in [-0.05, 0) is 191 Å². The van der Waals surface area contributed by atoms with Gasteiger partial charge in [-0.1, -0.05) is 181 Å². The SMILES string of the molecule is CC(C)(C)OC(=O)[C@@H](NC(=O)N[C@H](C(=O)N1C[C@H]2[C@@H]([C@H]1C(=O)NC(CC1CCC1)C(=O)C(N)=O)C2(Cl)Cl)C(C)(C)C)C(C)(C)C.CC(C)(C)OC(=O)[C@H](NC(=O)N[C@H](C(=O)N1C[C@H]2[C@@H]([C@H]1C(=O)NC(CC1CC1)C(=O)C(N)=O)C2(C)C)C1CCCCC1)C(C)(C)C.CC(C)(C)[C@H](NC(=O)N[C@H](C(=O)OCC1CC1)C1CCC1)C(=O)N1C[C@H]2[C@@H]([C@H]1C(=O)NC(CC1CC1)C(=O)C(N)=O)C2(C)C. The predicted octanol–water partition coefficient (Wildman–Crippen LogP) is 7.27. The standard InChI is InChI=1S/C34H55N5O7.C32H49N5O7.C31H49Cl2N5O7/c1-32(2,3)26(30(44)46-33(4,5)6)38-31(45)37-23(19-12-10-9-11-13-19)29(43)39-17-20-22(34(20,7)8)24(39)28(42)36-21(16-18-14-15-18)25(40)27(35)41;1-31(2,3)25(36-30(43)35-22(18-7-6-8-18)29(42)44-15-17-11-12-17)28(41)37-14-19-21(32(19,4)5)23(37)27(40)34-20(13-16-9-10-16)24(38)26(33)39;1-28(2,3)21(36-27(44)37-22(29(4,5)6)26(43)45-30(7,8)9)25(42)38-14-16-18(31(16,32)33)19(38)24(41)35-17(20(39)23(34)40)13-15-11-10-12-15/h18-24,26H,9-17H2,1-8H3,(H2,35,41)(H,36,42)(H2,37,38,45);16-23,25H,6-15H2,1-5H3,(H2,33,39)(H,34,40)(H2,35,36,43);15-19,21-22H,10-14H2,1-9H3,(H2,34,40)(H,35,41)(H2,36,37,44)/t20-,21?,22-,23-,24-,26-;19-,20?,21-,22-,23-,25+;16-,17?,18-,19-,21+,22+/m000/s1. The van der Waals surface area contributed by atoms with E-state index in [1.54, 1.807) is 88.0 Å². The summed E-state index contributed by atoms with van der Waals surface area (Å²) in [6.07, 6.45) is 16.4. The largest absolute Gasteiger partial charge is 0.464 e. The number of carbonyl (C=O) groups excluding carboxylic acids is 18. The number of esters is 3. The number of amides is 15. The number of likely N-dealkylation sites (tertiary alicyclic amines) is 3. The Morgan fingerprint density at radius 3 is 0.948 bits per heavy atom. The molecule has 756 valence electrons. The maximum atomic E-state index is 14.5. The molecule has 0 spiro atoms. The topological polar surface area (TPSA) is 531 Å². The summed E-state index contributed by atoms with van der Waals surface area (Å²) in [5.74, 6) is -10.7. The van der Waals surface area contributed by atoms with Crippen molar-refractivity contribution in [2.24, 2.45) is 121 Å². The quantitative estimate of drug-likeness (QED) is 0.0130. The Morgan fingerprint density at radius 2 is 0.637 bits per heavy atom. The highest BCUT2D eigenvalue weighted by Gasteiger charge is 2.75. The van der Waals surface area contributed by atoms with Crippen LogP contribution in [0.1, 0.15) is 281 Å². The van der Waals surface area contributed by atoms with Gasteiger partial charge in [0, 0.05) is 31.5 Å². The molecule has 3 aliphatic heterocycles. The van der Waals surface area contributed by atoms with Crippen LogP contribution in [0.25, 0.3) is 0 Å². The van der Waals surface area contributed by atoms with E-state index < -0.39 is 222 Å². The normalized spacial score (nSPS) is 26.1. The minimum atomic E-state index is -1.26. The highest BCUT2D eigenvalue weighted by atomic mass is 35.5. The van der Waals surface area contributed by atoms with E-state index in [-0.39, 0.29) is 83.0 Å². The van der Waals surface area contributed by atoms with E-state index in [1.807, 2.05) is 41.5 Å². The molecule has 36 nitrogen and oxygen atoms in total. The number of nitrogens with one attached hydrogen (secondary N) is 9. The number of piperidine rings is 3. The number of urea groups is 3. The van der Waals surface area contributed by atoms with Crippen molar-refractivity contribution >= 4 is 130 Å². The summed E-state index contributed by atoms with van der Waals surface area (Å²) in [7, 11) is 0. The number of nitrogens with two attached hydrogens (primary N) is 3. The first-order chi connectivity index (χ1) is 62.2. The zero-order valence-corrected chi connectivity index (χ0v) is 84.7. The number of alkyl halides is 2. The molecule has 9 saturated carbocycles. The van der Waals surface area contributed by atoms with E-state index in [0.29, 0.717) is 38.5 Å². The number of primary amides is 3. The molecule has 15 amide bonds. The van der Waals surface area contributed by atoms with E-state index in [1.165, 1.54) is 9.80 Å². The van der Waals surface area contributed by atoms with Gasteiger partial charge in [-0.25, -0.2) is 28.8 Å². The maximum absolute atomic E-state index is 14.5. The van der Waals surface area contributed by atoms with E-state index in [4.69, 9.17) is 54.6 Å². The molecule has 0 bridgehead atoms. The average molecular weight is 1940 g/mol. The van der Waals surface area contributed by atoms with Crippen molar-refractivity contribution < 1.29 is 101 Å². The highest BCUT2D eigenvalue weighted by Crippen LogP contribution is 2.67. The van der Waals surface area contributed by atoms with Crippen LogP contribution in [0.15, 0.2) is 0 Å². The number of carbonyl (C=O) groups is 18. The number of hydrogen-bond donors (Lipinski definition) is 12. The number of rotatable bonds is 34. The van der Waals surface area contributed by atoms with Crippen LogP contribution in [-0.4, -0.2) is 235 Å². The van der Waals surface area contributed by atoms with Crippen molar-refractivity contribution in [3.63, 3.8) is 0 Å². The van der Waals surface area contributed by atoms with Gasteiger partial charge in [0.25, 0.3) is 17.7 Å². The molecule has 135 heavy (non-hydrogen) atoms. The third kappa shape index (κ3) is 26.9. The number of ether oxygens (including phenoxy) is 3. The van der Waals surface area contributed by atoms with Crippen LogP contribution >= 0.6 is 23.2 Å². The Kier molecular flexibility index (Phi) is 33.0. The number of ketones is 3. The molecule has 0 aromatic carbocycles. The van der Waals surface area contributed by atoms with Crippen LogP contribution in [0.5, 0.6) is 0 Å². The van der Waals surface area contributed by atoms with Crippen molar-refractivity contribution in [2.75, 3.05) is 26.2 Å². The summed E-state index contributed by atoms with van der Waals surface area (Å²) in [6.45, 7) is 41.3. The van der Waals surface area contributed by atoms with Crippen LogP contribution in [0, 0.1) is 104 Å². The van der Waals surface area contributed by atoms with Crippen molar-refractivity contribution in [3.05, 3.63) is 0 Å². The number of Topliss-reactive ketones (excluding diaryl/α,β-unsaturated/α-hetero) is 3. The van der Waals surface area contributed by atoms with Gasteiger partial charge in [0.05, 0.1) is 24.7 Å². The molecule has 0 radical (unpaired) electrons. The minimum Gasteiger partial charge on any atom is -0.464 e. The van der Waals surface area contributed by atoms with E-state index in [9.17, 15) is 86.3 Å². The summed E-state index contributed by atoms with van der Waals surface area (Å²) >= 11 is 13.0. The van der Waals surface area contributed by atoms with Gasteiger partial charge in [0.1, 0.15) is 69.9 Å². The molecule has 18 atom stereocenters. The third-order valence-electron chi connectivity index (χ3n) is 29.7. The summed E-state index contributed by atoms with van der Waals surface area (Å²) in [5.41, 5.74) is 11.0. The fourth-order valence-electron chi connectivity index (χ4n) is 20.5. The summed E-state index contributed by atoms with van der Waals surface area (Å²) in [5, 5.41) is 24.9. The van der Waals surface area contributed by atoms with E-state index in [2.05, 4.69) is 75.5 Å². The molecule has 9 aliphatic carbocycles. The van der Waals surface area contributed by atoms with Gasteiger partial charge in [0.15, 0.2) is 0 Å². The predicted molar refractivity (Wildman–Crippen MR) is 499 cm³/mol. The maximum Gasteiger partial charge on any atom is 0.329 e. The lowest BCUT2D eigenvalue weighted by molar-refractivity contribution is -0.161. The second kappa shape index (κ2) is 41.2. The van der Waals surface area contributed by atoms with Crippen LogP contribution in [0.3, 0.4) is 0 Å². The van der Waals surface area contributed by atoms with Crippen molar-refractivity contribution in [1.29, 1.82) is 0 Å². The monoisotopic (exact) mass is 1930 g/mol. The fourth-order valence-corrected chi connectivity index (χ4v) is 21.3. The minimum absolute atomic E-state index is 0.0102. The third-order valence-corrected chi connectivity index (χ3v) is 30.8. The van der Waals surface area contributed by atoms with Gasteiger partial charge in [-0.2, -0.15) is 0 Å². The molecular formula is C97H153Cl2N15O21. The number of fused-ring (bicyclic) bond motifs is 3. The van der Waals surface area contributed by atoms with Gasteiger partial charge < -0.3 is 94.0 Å². The van der Waals surface area contributed by atoms with Gasteiger partial charge in [-0.15, -0.1) is 23.2 Å². The summed E-state index contributed by atoms with van der Waals surface area (Å²) in [4.78, 5) is 241. The van der Waals surface area contributed by atoms with E-state index in [0.717, 1.165) is 109 Å². The fraction of sp³-hybridized carbons (Fsp3) is 0.814. The number of halogens is 2. The Balaban J connectivity index is 0.000000209. The molecule has 3 saturated heterocycles. The Morgan fingerprint density at radius 1 is 0.341 bits per heavy atom. The molecule has 0 aromatic heterocycles. The molecule has 3 heterocycles. The van der Waals surface area contributed by atoms with Crippen LogP contribution in [0.2, 0.25) is 0 Å². The molecule has 38 heteroatoms. The van der Waals surface area contributed by atoms with Gasteiger partial charge >= 0.3 is 36.0 Å². The Hall–Kier alpha value is -8.96. The molecule has 0 aromatic rings. The summed E-state index contributed by atoms with van der Waals surface area (Å²) < 4.78 is 15.4. The van der Waals surface area contributed by atoms with Crippen LogP contribution in [-0.2, 0) is 86.1 Å². The molecule has 15 N–H and O–H groups in total. The lowest BCUT2D eigenvalue weighted by Crippen LogP contribution is -2.63. The highest BCUT2D eigenvalue weighted by molar-refractivity contribution is 6.51. The first kappa shape index (κ1) is 108. The zero-order chi connectivity index (χ0) is 101. The van der Waals surface area contributed by atoms with Crippen LogP contribution in [0.4, 0.5) is 14.4 Å². The first-order valence-electron chi connectivity index (χ1n) is 48.7. The van der Waals surface area contributed by atoms with Gasteiger partial charge in [-0.3, -0.25) is 57.5 Å². The number of hydrogen-bond acceptors (Lipinski definition) is 21. The van der Waals surface area contributed by atoms with Crippen molar-refractivity contribution in [1.82, 2.24) is 62.6 Å². The Labute approximate surface area is 804 Å². The molecule has 12 fully saturated rings. The van der Waals surface area contributed by atoms with Crippen molar-refractivity contribution in [3.8, 4) is 0 Å². The van der Waals surface area contributed by atoms with E-state index >= 15 is 0 Å². The second-order valence-electron chi connectivity index (χ2n) is 48.0. The lowest BCUT2D eigenvalue weighted by Gasteiger charge is -2.38. The van der Waals surface area contributed by atoms with Gasteiger partial charge in [0.2, 0.25) is 52.8 Å². The number of nitrogens with zero attached hydrogens (tertiary/aromatic N) is 3. The molecule has 12 aliphatic rings. The van der Waals surface area contributed by atoms with Crippen LogP contribution < -0.4 is 65.1 Å². The smallest absolute Gasteiger partial charge is 0.329 e. The first-order valence-corrected chi connectivity index (χ1v) is 49.5. The summed E-state index contributed by atoms with van der Waals surface area (Å²) in [6, 6.07) is -14.0.